The summed E-state index contributed by atoms with van der Waals surface area (Å²) in [5.74, 6) is -0.872. The highest BCUT2D eigenvalue weighted by Crippen LogP contribution is 1.87. The van der Waals surface area contributed by atoms with Crippen LogP contribution in [0.25, 0.3) is 0 Å². The largest absolute Gasteiger partial charge is 0.481 e. The molecule has 0 aromatic heterocycles. The third-order valence-corrected chi connectivity index (χ3v) is 4.85. The molecular formula is C27H55NO13. The zero-order valence-electron chi connectivity index (χ0n) is 25.0. The van der Waals surface area contributed by atoms with Crippen molar-refractivity contribution in [3.8, 4) is 0 Å². The van der Waals surface area contributed by atoms with Crippen LogP contribution in [0.1, 0.15) is 13.3 Å². The van der Waals surface area contributed by atoms with Crippen molar-refractivity contribution in [1.29, 1.82) is 0 Å². The van der Waals surface area contributed by atoms with E-state index in [2.05, 4.69) is 12.2 Å². The summed E-state index contributed by atoms with van der Waals surface area (Å²) in [5.41, 5.74) is 0. The first kappa shape index (κ1) is 40.0. The first-order chi connectivity index (χ1) is 20.3. The standard InChI is InChI=1S/C27H55NO13/c1-2-28-4-6-32-8-10-34-12-14-36-16-18-38-20-22-40-24-26-41-25-23-39-21-19-37-17-15-35-13-11-33-9-7-31-5-3-27(29)30/h28H,2-26H2,1H3,(H,29,30). The van der Waals surface area contributed by atoms with E-state index in [1.807, 2.05) is 0 Å². The number of ether oxygens (including phenoxy) is 11. The number of hydrogen-bond donors (Lipinski definition) is 2. The first-order valence-electron chi connectivity index (χ1n) is 14.5. The molecule has 14 nitrogen and oxygen atoms in total. The molecule has 0 aliphatic carbocycles. The SMILES string of the molecule is CCNCCOCCOCCOCCOCCOCCOCCOCCOCCOCCOCCOCCC(=O)O. The van der Waals surface area contributed by atoms with E-state index in [4.69, 9.17) is 57.2 Å². The summed E-state index contributed by atoms with van der Waals surface area (Å²) in [4.78, 5) is 10.3. The Morgan fingerprint density at radius 1 is 0.415 bits per heavy atom. The molecule has 0 aromatic carbocycles. The second-order valence-electron chi connectivity index (χ2n) is 8.23. The van der Waals surface area contributed by atoms with E-state index >= 15 is 0 Å². The number of carbonyl (C=O) groups is 1. The van der Waals surface area contributed by atoms with Crippen LogP contribution in [0.2, 0.25) is 0 Å². The lowest BCUT2D eigenvalue weighted by Crippen LogP contribution is -2.20. The Hall–Kier alpha value is -1.01. The topological polar surface area (TPSA) is 151 Å². The van der Waals surface area contributed by atoms with E-state index in [0.717, 1.165) is 13.1 Å². The lowest BCUT2D eigenvalue weighted by atomic mass is 10.5. The molecule has 0 atom stereocenters. The maximum Gasteiger partial charge on any atom is 0.305 e. The Morgan fingerprint density at radius 2 is 0.634 bits per heavy atom. The van der Waals surface area contributed by atoms with Gasteiger partial charge in [-0.25, -0.2) is 0 Å². The van der Waals surface area contributed by atoms with Gasteiger partial charge in [-0.3, -0.25) is 4.79 Å². The first-order valence-corrected chi connectivity index (χ1v) is 14.5. The molecule has 41 heavy (non-hydrogen) atoms. The van der Waals surface area contributed by atoms with Gasteiger partial charge in [-0.15, -0.1) is 0 Å². The van der Waals surface area contributed by atoms with Gasteiger partial charge in [0.25, 0.3) is 0 Å². The van der Waals surface area contributed by atoms with Crippen molar-refractivity contribution < 1.29 is 62.0 Å². The van der Waals surface area contributed by atoms with E-state index in [-0.39, 0.29) is 13.0 Å². The van der Waals surface area contributed by atoms with E-state index in [9.17, 15) is 4.79 Å². The summed E-state index contributed by atoms with van der Waals surface area (Å²) in [6.45, 7) is 14.7. The van der Waals surface area contributed by atoms with Crippen LogP contribution in [-0.2, 0) is 56.9 Å². The molecular weight excluding hydrogens is 546 g/mol. The van der Waals surface area contributed by atoms with Gasteiger partial charge >= 0.3 is 5.97 Å². The number of likely N-dealkylation sites (N-methyl/N-ethyl adjacent to an activating group) is 1. The van der Waals surface area contributed by atoms with Gasteiger partial charge in [0.1, 0.15) is 0 Å². The number of carboxylic acid groups (broad SMARTS) is 1. The Morgan fingerprint density at radius 3 is 0.854 bits per heavy atom. The van der Waals surface area contributed by atoms with Crippen LogP contribution >= 0.6 is 0 Å². The van der Waals surface area contributed by atoms with Crippen LogP contribution in [0, 0.1) is 0 Å². The molecule has 0 saturated carbocycles. The van der Waals surface area contributed by atoms with Crippen LogP contribution in [0.5, 0.6) is 0 Å². The zero-order chi connectivity index (χ0) is 29.7. The van der Waals surface area contributed by atoms with Gasteiger partial charge in [0, 0.05) is 6.54 Å². The number of hydrogen-bond acceptors (Lipinski definition) is 13. The lowest BCUT2D eigenvalue weighted by molar-refractivity contribution is -0.138. The Kier molecular flexibility index (Phi) is 36.1. The highest BCUT2D eigenvalue weighted by molar-refractivity contribution is 5.66. The molecule has 0 aromatic rings. The third kappa shape index (κ3) is 39.0. The maximum atomic E-state index is 10.3. The quantitative estimate of drug-likeness (QED) is 0.0937. The molecule has 0 unspecified atom stereocenters. The Bertz CT molecular complexity index is 506. The Balaban J connectivity index is 3.03. The molecule has 0 bridgehead atoms. The molecule has 0 spiro atoms. The van der Waals surface area contributed by atoms with Crippen molar-refractivity contribution in [1.82, 2.24) is 5.32 Å². The molecule has 246 valence electrons. The molecule has 0 heterocycles. The molecule has 0 fully saturated rings. The van der Waals surface area contributed by atoms with Crippen molar-refractivity contribution in [3.05, 3.63) is 0 Å². The van der Waals surface area contributed by atoms with Crippen molar-refractivity contribution >= 4 is 5.97 Å². The van der Waals surface area contributed by atoms with E-state index < -0.39 is 5.97 Å². The van der Waals surface area contributed by atoms with Gasteiger partial charge in [-0.2, -0.15) is 0 Å². The normalized spacial score (nSPS) is 11.4. The molecule has 0 radical (unpaired) electrons. The minimum absolute atomic E-state index is 0.000125. The number of aliphatic carboxylic acids is 1. The molecule has 0 aliphatic rings. The van der Waals surface area contributed by atoms with Crippen molar-refractivity contribution in [2.75, 3.05) is 158 Å². The van der Waals surface area contributed by atoms with Gasteiger partial charge in [0.2, 0.25) is 0 Å². The minimum Gasteiger partial charge on any atom is -0.481 e. The summed E-state index contributed by atoms with van der Waals surface area (Å²) in [6.07, 6.45) is -0.000125. The average Bonchev–Trinajstić information content (AvgIpc) is 2.97. The van der Waals surface area contributed by atoms with E-state index in [0.29, 0.717) is 139 Å². The molecule has 0 amide bonds. The molecule has 2 N–H and O–H groups in total. The number of rotatable bonds is 37. The number of nitrogens with one attached hydrogen (secondary N) is 1. The predicted molar refractivity (Wildman–Crippen MR) is 150 cm³/mol. The maximum absolute atomic E-state index is 10.3. The fourth-order valence-corrected chi connectivity index (χ4v) is 2.78. The van der Waals surface area contributed by atoms with Crippen molar-refractivity contribution in [2.45, 2.75) is 13.3 Å². The van der Waals surface area contributed by atoms with Gasteiger partial charge in [-0.1, -0.05) is 6.92 Å². The van der Waals surface area contributed by atoms with Gasteiger partial charge in [-0.05, 0) is 6.54 Å². The second-order valence-corrected chi connectivity index (χ2v) is 8.23. The fraction of sp³-hybridized carbons (Fsp3) is 0.963. The molecule has 0 rings (SSSR count). The third-order valence-electron chi connectivity index (χ3n) is 4.85. The fourth-order valence-electron chi connectivity index (χ4n) is 2.78. The van der Waals surface area contributed by atoms with Crippen LogP contribution in [0.15, 0.2) is 0 Å². The average molecular weight is 602 g/mol. The second kappa shape index (κ2) is 37.0. The molecule has 14 heteroatoms. The summed E-state index contributed by atoms with van der Waals surface area (Å²) >= 11 is 0. The van der Waals surface area contributed by atoms with Crippen LogP contribution in [-0.4, -0.2) is 170 Å². The van der Waals surface area contributed by atoms with E-state index in [1.54, 1.807) is 0 Å². The molecule has 0 saturated heterocycles. The summed E-state index contributed by atoms with van der Waals surface area (Å²) in [7, 11) is 0. The highest BCUT2D eigenvalue weighted by Gasteiger charge is 1.98. The van der Waals surface area contributed by atoms with Crippen molar-refractivity contribution in [3.63, 3.8) is 0 Å². The number of carboxylic acids is 1. The van der Waals surface area contributed by atoms with Crippen molar-refractivity contribution in [2.24, 2.45) is 0 Å². The smallest absolute Gasteiger partial charge is 0.305 e. The summed E-state index contributed by atoms with van der Waals surface area (Å²) < 4.78 is 59.3. The van der Waals surface area contributed by atoms with Crippen LogP contribution in [0.4, 0.5) is 0 Å². The van der Waals surface area contributed by atoms with E-state index in [1.165, 1.54) is 0 Å². The predicted octanol–water partition coefficient (Wildman–Crippen LogP) is 0.253. The Labute approximate surface area is 245 Å². The summed E-state index contributed by atoms with van der Waals surface area (Å²) in [6, 6.07) is 0. The zero-order valence-corrected chi connectivity index (χ0v) is 25.0. The minimum atomic E-state index is -0.872. The van der Waals surface area contributed by atoms with Gasteiger partial charge < -0.3 is 62.5 Å². The van der Waals surface area contributed by atoms with Crippen LogP contribution in [0.3, 0.4) is 0 Å². The summed E-state index contributed by atoms with van der Waals surface area (Å²) in [5, 5.41) is 11.7. The lowest BCUT2D eigenvalue weighted by Gasteiger charge is -2.09. The molecule has 0 aliphatic heterocycles. The monoisotopic (exact) mass is 601 g/mol. The van der Waals surface area contributed by atoms with Gasteiger partial charge in [0.05, 0.1) is 152 Å². The van der Waals surface area contributed by atoms with Crippen LogP contribution < -0.4 is 5.32 Å². The highest BCUT2D eigenvalue weighted by atomic mass is 16.6. The van der Waals surface area contributed by atoms with Gasteiger partial charge in [0.15, 0.2) is 0 Å².